The Bertz CT molecular complexity index is 662. The van der Waals surface area contributed by atoms with Gasteiger partial charge in [-0.25, -0.2) is 4.39 Å². The monoisotopic (exact) mass is 326 g/mol. The van der Waals surface area contributed by atoms with Crippen LogP contribution in [0.15, 0.2) is 54.6 Å². The van der Waals surface area contributed by atoms with Crippen molar-refractivity contribution < 1.29 is 9.13 Å². The smallest absolute Gasteiger partial charge is 0.123 e. The van der Waals surface area contributed by atoms with E-state index in [-0.39, 0.29) is 16.8 Å². The average Bonchev–Trinajstić information content (AvgIpc) is 2.55. The van der Waals surface area contributed by atoms with Gasteiger partial charge < -0.3 is 4.74 Å². The van der Waals surface area contributed by atoms with Gasteiger partial charge in [0.05, 0.1) is 5.60 Å². The molecule has 0 aromatic heterocycles. The predicted molar refractivity (Wildman–Crippen MR) is 96.7 cm³/mol. The predicted octanol–water partition coefficient (Wildman–Crippen LogP) is 5.53. The minimum atomic E-state index is -0.170. The van der Waals surface area contributed by atoms with Crippen molar-refractivity contribution in [3.8, 4) is 0 Å². The summed E-state index contributed by atoms with van der Waals surface area (Å²) in [4.78, 5) is 0. The van der Waals surface area contributed by atoms with Crippen molar-refractivity contribution in [2.24, 2.45) is 5.92 Å². The number of hydrogen-bond donors (Lipinski definition) is 0. The molecule has 0 radical (unpaired) electrons. The second kappa shape index (κ2) is 6.68. The molecule has 2 unspecified atom stereocenters. The zero-order chi connectivity index (χ0) is 17.2. The van der Waals surface area contributed by atoms with Gasteiger partial charge >= 0.3 is 0 Å². The van der Waals surface area contributed by atoms with E-state index in [2.05, 4.69) is 51.1 Å². The third kappa shape index (κ3) is 3.54. The van der Waals surface area contributed by atoms with Crippen LogP contribution in [-0.4, -0.2) is 12.2 Å². The van der Waals surface area contributed by atoms with Crippen molar-refractivity contribution in [2.45, 2.75) is 51.0 Å². The Balaban J connectivity index is 1.96. The molecular weight excluding hydrogens is 299 g/mol. The number of halogens is 1. The van der Waals surface area contributed by atoms with Gasteiger partial charge in [-0.05, 0) is 62.3 Å². The van der Waals surface area contributed by atoms with Crippen LogP contribution in [0.25, 0.3) is 0 Å². The molecule has 1 aliphatic heterocycles. The standard InChI is InChI=1S/C22H27FO/c1-17(15-18-7-5-4-6-8-18)22(13-14-24-21(2,3)16-22)19-9-11-20(23)12-10-19/h4-12,17H,13-16H2,1-3H3. The molecule has 0 N–H and O–H groups in total. The summed E-state index contributed by atoms with van der Waals surface area (Å²) in [5, 5.41) is 0. The fourth-order valence-corrected chi connectivity index (χ4v) is 4.30. The Hall–Kier alpha value is -1.67. The largest absolute Gasteiger partial charge is 0.376 e. The van der Waals surface area contributed by atoms with Gasteiger partial charge in [0.1, 0.15) is 5.82 Å². The second-order valence-electron chi connectivity index (χ2n) is 7.79. The molecule has 2 heteroatoms. The van der Waals surface area contributed by atoms with Crippen LogP contribution in [0.5, 0.6) is 0 Å². The van der Waals surface area contributed by atoms with E-state index in [9.17, 15) is 4.39 Å². The van der Waals surface area contributed by atoms with E-state index in [1.54, 1.807) is 12.1 Å². The van der Waals surface area contributed by atoms with Gasteiger partial charge in [0.2, 0.25) is 0 Å². The van der Waals surface area contributed by atoms with Gasteiger partial charge in [-0.3, -0.25) is 0 Å². The van der Waals surface area contributed by atoms with Crippen LogP contribution in [0, 0.1) is 11.7 Å². The summed E-state index contributed by atoms with van der Waals surface area (Å²) in [5.74, 6) is 0.282. The molecule has 2 aromatic carbocycles. The van der Waals surface area contributed by atoms with Gasteiger partial charge in [0, 0.05) is 12.0 Å². The first-order valence-corrected chi connectivity index (χ1v) is 8.85. The maximum Gasteiger partial charge on any atom is 0.123 e. The maximum absolute atomic E-state index is 13.5. The molecule has 0 spiro atoms. The molecule has 0 aliphatic carbocycles. The van der Waals surface area contributed by atoms with Crippen LogP contribution >= 0.6 is 0 Å². The Morgan fingerprint density at radius 2 is 1.71 bits per heavy atom. The molecule has 3 rings (SSSR count). The third-order valence-corrected chi connectivity index (χ3v) is 5.53. The van der Waals surface area contributed by atoms with Crippen LogP contribution in [0.4, 0.5) is 4.39 Å². The van der Waals surface area contributed by atoms with Crippen molar-refractivity contribution in [3.63, 3.8) is 0 Å². The van der Waals surface area contributed by atoms with E-state index < -0.39 is 0 Å². The molecule has 1 heterocycles. The minimum absolute atomic E-state index is 0.0191. The normalized spacial score (nSPS) is 24.5. The van der Waals surface area contributed by atoms with Gasteiger partial charge in [-0.1, -0.05) is 49.4 Å². The average molecular weight is 326 g/mol. The molecule has 128 valence electrons. The molecule has 24 heavy (non-hydrogen) atoms. The SMILES string of the molecule is CC(Cc1ccccc1)C1(c2ccc(F)cc2)CCOC(C)(C)C1. The fraction of sp³-hybridized carbons (Fsp3) is 0.455. The Kier molecular flexibility index (Phi) is 4.78. The van der Waals surface area contributed by atoms with E-state index >= 15 is 0 Å². The fourth-order valence-electron chi connectivity index (χ4n) is 4.30. The zero-order valence-electron chi connectivity index (χ0n) is 14.9. The Labute approximate surface area is 144 Å². The van der Waals surface area contributed by atoms with E-state index in [1.807, 2.05) is 12.1 Å². The third-order valence-electron chi connectivity index (χ3n) is 5.53. The quantitative estimate of drug-likeness (QED) is 0.717. The minimum Gasteiger partial charge on any atom is -0.376 e. The van der Waals surface area contributed by atoms with Crippen LogP contribution in [0.3, 0.4) is 0 Å². The lowest BCUT2D eigenvalue weighted by Crippen LogP contribution is -2.48. The highest BCUT2D eigenvalue weighted by Gasteiger charge is 2.45. The summed E-state index contributed by atoms with van der Waals surface area (Å²) < 4.78 is 19.4. The Morgan fingerprint density at radius 3 is 2.33 bits per heavy atom. The highest BCUT2D eigenvalue weighted by atomic mass is 19.1. The van der Waals surface area contributed by atoms with E-state index in [0.29, 0.717) is 5.92 Å². The van der Waals surface area contributed by atoms with Crippen molar-refractivity contribution in [1.29, 1.82) is 0 Å². The molecule has 1 aliphatic rings. The van der Waals surface area contributed by atoms with Crippen LogP contribution in [0.2, 0.25) is 0 Å². The lowest BCUT2D eigenvalue weighted by molar-refractivity contribution is -0.0935. The summed E-state index contributed by atoms with van der Waals surface area (Å²) in [6.07, 6.45) is 2.96. The number of rotatable bonds is 4. The number of ether oxygens (including phenoxy) is 1. The summed E-state index contributed by atoms with van der Waals surface area (Å²) in [6.45, 7) is 7.42. The second-order valence-corrected chi connectivity index (χ2v) is 7.79. The lowest BCUT2D eigenvalue weighted by Gasteiger charge is -2.49. The van der Waals surface area contributed by atoms with Crippen molar-refractivity contribution in [1.82, 2.24) is 0 Å². The summed E-state index contributed by atoms with van der Waals surface area (Å²) in [5.41, 5.74) is 2.46. The van der Waals surface area contributed by atoms with Crippen molar-refractivity contribution >= 4 is 0 Å². The van der Waals surface area contributed by atoms with Gasteiger partial charge in [0.25, 0.3) is 0 Å². The van der Waals surface area contributed by atoms with Gasteiger partial charge in [-0.15, -0.1) is 0 Å². The summed E-state index contributed by atoms with van der Waals surface area (Å²) >= 11 is 0. The molecule has 2 aromatic rings. The van der Waals surface area contributed by atoms with Crippen LogP contribution < -0.4 is 0 Å². The topological polar surface area (TPSA) is 9.23 Å². The number of benzene rings is 2. The van der Waals surface area contributed by atoms with Gasteiger partial charge in [-0.2, -0.15) is 0 Å². The first-order chi connectivity index (χ1) is 11.4. The molecule has 1 saturated heterocycles. The molecule has 0 amide bonds. The van der Waals surface area contributed by atoms with E-state index in [4.69, 9.17) is 4.74 Å². The first kappa shape index (κ1) is 17.2. The number of hydrogen-bond acceptors (Lipinski definition) is 1. The van der Waals surface area contributed by atoms with Crippen molar-refractivity contribution in [3.05, 3.63) is 71.5 Å². The molecule has 1 nitrogen and oxygen atoms in total. The zero-order valence-corrected chi connectivity index (χ0v) is 14.9. The van der Waals surface area contributed by atoms with Gasteiger partial charge in [0.15, 0.2) is 0 Å². The summed E-state index contributed by atoms with van der Waals surface area (Å²) in [6, 6.07) is 17.8. The van der Waals surface area contributed by atoms with E-state index in [1.165, 1.54) is 11.1 Å². The van der Waals surface area contributed by atoms with Crippen LogP contribution in [-0.2, 0) is 16.6 Å². The highest BCUT2D eigenvalue weighted by molar-refractivity contribution is 5.30. The van der Waals surface area contributed by atoms with Crippen LogP contribution in [0.1, 0.15) is 44.7 Å². The highest BCUT2D eigenvalue weighted by Crippen LogP contribution is 2.47. The Morgan fingerprint density at radius 1 is 1.04 bits per heavy atom. The lowest BCUT2D eigenvalue weighted by atomic mass is 9.61. The first-order valence-electron chi connectivity index (χ1n) is 8.85. The summed E-state index contributed by atoms with van der Waals surface area (Å²) in [7, 11) is 0. The maximum atomic E-state index is 13.5. The molecule has 2 atom stereocenters. The van der Waals surface area contributed by atoms with E-state index in [0.717, 1.165) is 25.9 Å². The molecular formula is C22H27FO. The molecule has 1 fully saturated rings. The van der Waals surface area contributed by atoms with Crippen molar-refractivity contribution in [2.75, 3.05) is 6.61 Å². The molecule has 0 bridgehead atoms. The molecule has 0 saturated carbocycles.